The first kappa shape index (κ1) is 12.7. The van der Waals surface area contributed by atoms with Gasteiger partial charge in [-0.3, -0.25) is 0 Å². The van der Waals surface area contributed by atoms with Gasteiger partial charge in [-0.2, -0.15) is 13.8 Å². The van der Waals surface area contributed by atoms with Crippen LogP contribution in [-0.4, -0.2) is 21.6 Å². The van der Waals surface area contributed by atoms with Crippen molar-refractivity contribution in [2.45, 2.75) is 6.61 Å². The van der Waals surface area contributed by atoms with Crippen LogP contribution in [0.2, 0.25) is 0 Å². The molecule has 0 atom stereocenters. The lowest BCUT2D eigenvalue weighted by Crippen LogP contribution is -2.07. The van der Waals surface area contributed by atoms with Crippen LogP contribution in [0.3, 0.4) is 0 Å². The highest BCUT2D eigenvalue weighted by molar-refractivity contribution is 5.80. The molecule has 7 nitrogen and oxygen atoms in total. The first-order chi connectivity index (χ1) is 8.97. The van der Waals surface area contributed by atoms with E-state index in [1.165, 1.54) is 18.3 Å². The van der Waals surface area contributed by atoms with Gasteiger partial charge in [-0.05, 0) is 6.07 Å². The standard InChI is InChI=1S/C10H10F2N6O/c11-9(12)19-5-2-1-4(3-16-5)7-6(13)8(14)18-10(15)17-7/h1-3,9H,13H2,(H4,14,15,17,18). The van der Waals surface area contributed by atoms with Gasteiger partial charge in [-0.25, -0.2) is 9.97 Å². The van der Waals surface area contributed by atoms with E-state index >= 15 is 0 Å². The van der Waals surface area contributed by atoms with Crippen molar-refractivity contribution in [2.75, 3.05) is 17.2 Å². The largest absolute Gasteiger partial charge is 0.417 e. The molecular weight excluding hydrogens is 258 g/mol. The molecule has 0 unspecified atom stereocenters. The van der Waals surface area contributed by atoms with E-state index in [0.29, 0.717) is 5.56 Å². The SMILES string of the molecule is Nc1nc(N)c(N)c(-c2ccc(OC(F)F)nc2)n1. The summed E-state index contributed by atoms with van der Waals surface area (Å²) >= 11 is 0. The Hall–Kier alpha value is -2.71. The summed E-state index contributed by atoms with van der Waals surface area (Å²) < 4.78 is 28.1. The Morgan fingerprint density at radius 2 is 1.84 bits per heavy atom. The Balaban J connectivity index is 2.37. The summed E-state index contributed by atoms with van der Waals surface area (Å²) in [5, 5.41) is 0. The van der Waals surface area contributed by atoms with Gasteiger partial charge >= 0.3 is 6.61 Å². The zero-order valence-electron chi connectivity index (χ0n) is 9.55. The molecule has 6 N–H and O–H groups in total. The van der Waals surface area contributed by atoms with Crippen molar-refractivity contribution in [2.24, 2.45) is 0 Å². The third kappa shape index (κ3) is 2.76. The number of anilines is 3. The minimum atomic E-state index is -2.94. The van der Waals surface area contributed by atoms with Gasteiger partial charge in [0, 0.05) is 17.8 Å². The fourth-order valence-corrected chi connectivity index (χ4v) is 1.41. The van der Waals surface area contributed by atoms with Crippen molar-refractivity contribution in [3.63, 3.8) is 0 Å². The van der Waals surface area contributed by atoms with E-state index in [9.17, 15) is 8.78 Å². The number of ether oxygens (including phenoxy) is 1. The summed E-state index contributed by atoms with van der Waals surface area (Å²) in [6, 6.07) is 2.72. The molecule has 0 saturated heterocycles. The monoisotopic (exact) mass is 268 g/mol. The summed E-state index contributed by atoms with van der Waals surface area (Å²) in [6.07, 6.45) is 1.27. The second-order valence-electron chi connectivity index (χ2n) is 3.49. The highest BCUT2D eigenvalue weighted by Crippen LogP contribution is 2.28. The molecule has 2 heterocycles. The van der Waals surface area contributed by atoms with Crippen LogP contribution >= 0.6 is 0 Å². The average molecular weight is 268 g/mol. The van der Waals surface area contributed by atoms with Crippen molar-refractivity contribution in [1.82, 2.24) is 15.0 Å². The second kappa shape index (κ2) is 4.88. The number of aromatic nitrogens is 3. The highest BCUT2D eigenvalue weighted by atomic mass is 19.3. The maximum absolute atomic E-state index is 12.0. The van der Waals surface area contributed by atoms with Crippen molar-refractivity contribution in [1.29, 1.82) is 0 Å². The topological polar surface area (TPSA) is 126 Å². The molecule has 0 bridgehead atoms. The summed E-state index contributed by atoms with van der Waals surface area (Å²) in [7, 11) is 0. The van der Waals surface area contributed by atoms with Crippen molar-refractivity contribution < 1.29 is 13.5 Å². The van der Waals surface area contributed by atoms with Crippen LogP contribution < -0.4 is 21.9 Å². The molecule has 2 rings (SSSR count). The zero-order chi connectivity index (χ0) is 14.0. The first-order valence-corrected chi connectivity index (χ1v) is 5.07. The van der Waals surface area contributed by atoms with Gasteiger partial charge in [0.05, 0.1) is 0 Å². The van der Waals surface area contributed by atoms with Gasteiger partial charge in [0.15, 0.2) is 5.82 Å². The van der Waals surface area contributed by atoms with Gasteiger partial charge in [0.25, 0.3) is 0 Å². The lowest BCUT2D eigenvalue weighted by Gasteiger charge is -2.08. The highest BCUT2D eigenvalue weighted by Gasteiger charge is 2.12. The van der Waals surface area contributed by atoms with Crippen LogP contribution in [0, 0.1) is 0 Å². The van der Waals surface area contributed by atoms with E-state index in [2.05, 4.69) is 19.7 Å². The molecule has 0 aliphatic heterocycles. The number of nitrogens with two attached hydrogens (primary N) is 3. The minimum Gasteiger partial charge on any atom is -0.417 e. The molecule has 0 aromatic carbocycles. The summed E-state index contributed by atoms with van der Waals surface area (Å²) in [5.74, 6) is -0.225. The predicted octanol–water partition coefficient (Wildman–Crippen LogP) is 0.887. The van der Waals surface area contributed by atoms with E-state index in [-0.39, 0.29) is 29.0 Å². The number of pyridine rings is 1. The average Bonchev–Trinajstić information content (AvgIpc) is 2.34. The van der Waals surface area contributed by atoms with Crippen LogP contribution in [0.1, 0.15) is 0 Å². The lowest BCUT2D eigenvalue weighted by atomic mass is 10.2. The third-order valence-electron chi connectivity index (χ3n) is 2.21. The summed E-state index contributed by atoms with van der Waals surface area (Å²) in [4.78, 5) is 11.3. The van der Waals surface area contributed by atoms with Crippen molar-refractivity contribution >= 4 is 17.5 Å². The number of nitrogen functional groups attached to an aromatic ring is 3. The smallest absolute Gasteiger partial charge is 0.388 e. The maximum Gasteiger partial charge on any atom is 0.388 e. The van der Waals surface area contributed by atoms with Crippen LogP contribution in [0.25, 0.3) is 11.3 Å². The van der Waals surface area contributed by atoms with E-state index in [0.717, 1.165) is 0 Å². The fourth-order valence-electron chi connectivity index (χ4n) is 1.41. The molecule has 9 heteroatoms. The molecule has 0 amide bonds. The molecule has 19 heavy (non-hydrogen) atoms. The number of nitrogens with zero attached hydrogens (tertiary/aromatic N) is 3. The molecule has 0 aliphatic rings. The molecule has 0 radical (unpaired) electrons. The predicted molar refractivity (Wildman–Crippen MR) is 65.1 cm³/mol. The van der Waals surface area contributed by atoms with Crippen LogP contribution in [0.15, 0.2) is 18.3 Å². The van der Waals surface area contributed by atoms with Crippen molar-refractivity contribution in [3.8, 4) is 17.1 Å². The number of hydrogen-bond donors (Lipinski definition) is 3. The molecule has 0 fully saturated rings. The number of hydrogen-bond acceptors (Lipinski definition) is 7. The normalized spacial score (nSPS) is 10.7. The van der Waals surface area contributed by atoms with Crippen LogP contribution in [-0.2, 0) is 0 Å². The second-order valence-corrected chi connectivity index (χ2v) is 3.49. The minimum absolute atomic E-state index is 0.0374. The first-order valence-electron chi connectivity index (χ1n) is 5.07. The maximum atomic E-state index is 12.0. The summed E-state index contributed by atoms with van der Waals surface area (Å²) in [6.45, 7) is -2.94. The summed E-state index contributed by atoms with van der Waals surface area (Å²) in [5.41, 5.74) is 17.6. The van der Waals surface area contributed by atoms with Gasteiger partial charge in [0.2, 0.25) is 11.8 Å². The van der Waals surface area contributed by atoms with Crippen LogP contribution in [0.5, 0.6) is 5.88 Å². The van der Waals surface area contributed by atoms with Gasteiger partial charge in [-0.15, -0.1) is 0 Å². The third-order valence-corrected chi connectivity index (χ3v) is 2.21. The molecule has 0 spiro atoms. The number of halogens is 2. The van der Waals surface area contributed by atoms with E-state index in [4.69, 9.17) is 17.2 Å². The van der Waals surface area contributed by atoms with Crippen molar-refractivity contribution in [3.05, 3.63) is 18.3 Å². The molecule has 0 saturated carbocycles. The molecule has 2 aromatic heterocycles. The van der Waals surface area contributed by atoms with Gasteiger partial charge < -0.3 is 21.9 Å². The Morgan fingerprint density at radius 3 is 2.42 bits per heavy atom. The Bertz CT molecular complexity index is 589. The van der Waals surface area contributed by atoms with Gasteiger partial charge in [0.1, 0.15) is 11.4 Å². The van der Waals surface area contributed by atoms with Gasteiger partial charge in [-0.1, -0.05) is 0 Å². The number of rotatable bonds is 3. The van der Waals surface area contributed by atoms with E-state index < -0.39 is 6.61 Å². The van der Waals surface area contributed by atoms with E-state index in [1.54, 1.807) is 0 Å². The Kier molecular flexibility index (Phi) is 3.27. The molecule has 2 aromatic rings. The number of alkyl halides is 2. The quantitative estimate of drug-likeness (QED) is 0.754. The Labute approximate surface area is 106 Å². The Morgan fingerprint density at radius 1 is 1.11 bits per heavy atom. The zero-order valence-corrected chi connectivity index (χ0v) is 9.55. The molecule has 0 aliphatic carbocycles. The molecule has 100 valence electrons. The lowest BCUT2D eigenvalue weighted by molar-refractivity contribution is -0.0528. The van der Waals surface area contributed by atoms with E-state index in [1.807, 2.05) is 0 Å². The van der Waals surface area contributed by atoms with Crippen LogP contribution in [0.4, 0.5) is 26.2 Å². The molecular formula is C10H10F2N6O. The fraction of sp³-hybridized carbons (Fsp3) is 0.100.